The molecule has 58 valence electrons. The summed E-state index contributed by atoms with van der Waals surface area (Å²) in [6, 6.07) is 0. The van der Waals surface area contributed by atoms with Crippen LogP contribution in [0.1, 0.15) is 20.3 Å². The summed E-state index contributed by atoms with van der Waals surface area (Å²) in [5.41, 5.74) is 0. The molecule has 0 aromatic heterocycles. The van der Waals surface area contributed by atoms with Crippen molar-refractivity contribution in [1.82, 2.24) is 0 Å². The van der Waals surface area contributed by atoms with Crippen molar-refractivity contribution in [2.45, 2.75) is 20.3 Å². The van der Waals surface area contributed by atoms with E-state index in [4.69, 9.17) is 16.7 Å². The second-order valence-corrected chi connectivity index (χ2v) is 2.61. The van der Waals surface area contributed by atoms with Gasteiger partial charge in [0.2, 0.25) is 0 Å². The van der Waals surface area contributed by atoms with E-state index in [-0.39, 0.29) is 11.0 Å². The van der Waals surface area contributed by atoms with Gasteiger partial charge < -0.3 is 5.11 Å². The molecule has 0 radical (unpaired) electrons. The van der Waals surface area contributed by atoms with Crippen molar-refractivity contribution in [1.29, 1.82) is 0 Å². The van der Waals surface area contributed by atoms with Gasteiger partial charge >= 0.3 is 5.97 Å². The molecule has 0 rings (SSSR count). The van der Waals surface area contributed by atoms with Crippen molar-refractivity contribution in [2.75, 3.05) is 0 Å². The maximum absolute atomic E-state index is 10.2. The van der Waals surface area contributed by atoms with Gasteiger partial charge in [0.05, 0.1) is 0 Å². The molecule has 10 heavy (non-hydrogen) atoms. The van der Waals surface area contributed by atoms with Crippen molar-refractivity contribution in [3.63, 3.8) is 0 Å². The van der Waals surface area contributed by atoms with Crippen molar-refractivity contribution in [3.8, 4) is 0 Å². The Morgan fingerprint density at radius 3 is 2.60 bits per heavy atom. The van der Waals surface area contributed by atoms with Crippen molar-refractivity contribution < 1.29 is 9.90 Å². The van der Waals surface area contributed by atoms with Gasteiger partial charge in [0.15, 0.2) is 0 Å². The predicted molar refractivity (Wildman–Crippen MR) is 41.0 cm³/mol. The number of hydrogen-bond donors (Lipinski definition) is 1. The van der Waals surface area contributed by atoms with Gasteiger partial charge in [-0.1, -0.05) is 37.9 Å². The first-order valence-electron chi connectivity index (χ1n) is 3.18. The average Bonchev–Trinajstić information content (AvgIpc) is 1.87. The first kappa shape index (κ1) is 9.50. The van der Waals surface area contributed by atoms with Gasteiger partial charge in [-0.25, -0.2) is 4.79 Å². The fourth-order valence-electron chi connectivity index (χ4n) is 0.439. The third-order valence-corrected chi connectivity index (χ3v) is 1.57. The van der Waals surface area contributed by atoms with Crippen LogP contribution in [-0.4, -0.2) is 11.1 Å². The lowest BCUT2D eigenvalue weighted by Crippen LogP contribution is -1.96. The van der Waals surface area contributed by atoms with Crippen LogP contribution in [0.2, 0.25) is 0 Å². The molecule has 0 aliphatic carbocycles. The third kappa shape index (κ3) is 3.51. The second kappa shape index (κ2) is 4.34. The van der Waals surface area contributed by atoms with Gasteiger partial charge in [0.1, 0.15) is 5.03 Å². The molecule has 0 saturated carbocycles. The molecule has 0 aliphatic heterocycles. The number of aliphatic carboxylic acids is 1. The topological polar surface area (TPSA) is 37.3 Å². The Hall–Kier alpha value is -0.500. The molecule has 0 aromatic carbocycles. The molecule has 1 unspecified atom stereocenters. The zero-order valence-corrected chi connectivity index (χ0v) is 6.85. The molecular formula is C7H11ClO2. The van der Waals surface area contributed by atoms with Crippen molar-refractivity contribution in [3.05, 3.63) is 11.1 Å². The van der Waals surface area contributed by atoms with Gasteiger partial charge in [-0.2, -0.15) is 0 Å². The second-order valence-electron chi connectivity index (χ2n) is 2.21. The van der Waals surface area contributed by atoms with E-state index in [0.717, 1.165) is 6.42 Å². The predicted octanol–water partition coefficient (Wildman–Crippen LogP) is 2.24. The molecule has 1 N–H and O–H groups in total. The van der Waals surface area contributed by atoms with Crippen molar-refractivity contribution in [2.24, 2.45) is 5.92 Å². The zero-order valence-electron chi connectivity index (χ0n) is 6.10. The van der Waals surface area contributed by atoms with E-state index in [9.17, 15) is 4.79 Å². The van der Waals surface area contributed by atoms with E-state index in [1.165, 1.54) is 0 Å². The fourth-order valence-corrected chi connectivity index (χ4v) is 0.654. The number of allylic oxidation sites excluding steroid dienone is 1. The normalized spacial score (nSPS) is 14.9. The Kier molecular flexibility index (Phi) is 4.12. The minimum Gasteiger partial charge on any atom is -0.477 e. The summed E-state index contributed by atoms with van der Waals surface area (Å²) >= 11 is 5.35. The standard InChI is InChI=1S/C7H11ClO2/c1-3-5(2)4-6(8)7(9)10/h4-5H,3H2,1-2H3,(H,9,10). The van der Waals surface area contributed by atoms with E-state index in [0.29, 0.717) is 0 Å². The summed E-state index contributed by atoms with van der Waals surface area (Å²) in [6.45, 7) is 3.90. The molecule has 0 saturated heterocycles. The molecule has 0 aliphatic rings. The monoisotopic (exact) mass is 162 g/mol. The van der Waals surface area contributed by atoms with Gasteiger partial charge in [0.25, 0.3) is 0 Å². The molecule has 3 heteroatoms. The van der Waals surface area contributed by atoms with E-state index in [2.05, 4.69) is 0 Å². The number of rotatable bonds is 3. The lowest BCUT2D eigenvalue weighted by Gasteiger charge is -1.99. The summed E-state index contributed by atoms with van der Waals surface area (Å²) in [5.74, 6) is -0.814. The molecule has 0 amide bonds. The zero-order chi connectivity index (χ0) is 8.15. The SMILES string of the molecule is CCC(C)C=C(Cl)C(=O)O. The molecule has 0 spiro atoms. The van der Waals surface area contributed by atoms with E-state index < -0.39 is 5.97 Å². The first-order valence-corrected chi connectivity index (χ1v) is 3.56. The fraction of sp³-hybridized carbons (Fsp3) is 0.571. The number of halogens is 1. The molecule has 2 nitrogen and oxygen atoms in total. The lowest BCUT2D eigenvalue weighted by molar-refractivity contribution is -0.131. The Labute approximate surface area is 65.5 Å². The number of carbonyl (C=O) groups is 1. The Morgan fingerprint density at radius 2 is 2.30 bits per heavy atom. The van der Waals surface area contributed by atoms with Gasteiger partial charge in [-0.05, 0) is 5.92 Å². The van der Waals surface area contributed by atoms with Crippen LogP contribution in [0.4, 0.5) is 0 Å². The molecule has 0 fully saturated rings. The minimum absolute atomic E-state index is 0.0886. The lowest BCUT2D eigenvalue weighted by atomic mass is 10.1. The highest BCUT2D eigenvalue weighted by Crippen LogP contribution is 2.09. The smallest absolute Gasteiger partial charge is 0.346 e. The average molecular weight is 163 g/mol. The summed E-state index contributed by atoms with van der Waals surface area (Å²) in [4.78, 5) is 10.2. The Balaban J connectivity index is 4.02. The highest BCUT2D eigenvalue weighted by molar-refractivity contribution is 6.40. The molecule has 0 heterocycles. The van der Waals surface area contributed by atoms with Crippen LogP contribution in [0.25, 0.3) is 0 Å². The summed E-state index contributed by atoms with van der Waals surface area (Å²) < 4.78 is 0. The highest BCUT2D eigenvalue weighted by Gasteiger charge is 2.03. The molecule has 1 atom stereocenters. The summed E-state index contributed by atoms with van der Waals surface area (Å²) in [5, 5.41) is 8.24. The van der Waals surface area contributed by atoms with E-state index in [1.54, 1.807) is 6.08 Å². The van der Waals surface area contributed by atoms with Gasteiger partial charge in [-0.15, -0.1) is 0 Å². The molecular weight excluding hydrogens is 152 g/mol. The summed E-state index contributed by atoms with van der Waals surface area (Å²) in [7, 11) is 0. The number of hydrogen-bond acceptors (Lipinski definition) is 1. The highest BCUT2D eigenvalue weighted by atomic mass is 35.5. The van der Waals surface area contributed by atoms with Crippen LogP contribution < -0.4 is 0 Å². The van der Waals surface area contributed by atoms with Crippen LogP contribution in [-0.2, 0) is 4.79 Å². The molecule has 0 aromatic rings. The largest absolute Gasteiger partial charge is 0.477 e. The van der Waals surface area contributed by atoms with Crippen LogP contribution in [0.15, 0.2) is 11.1 Å². The number of carboxylic acid groups (broad SMARTS) is 1. The van der Waals surface area contributed by atoms with Crippen LogP contribution in [0, 0.1) is 5.92 Å². The number of carboxylic acids is 1. The van der Waals surface area contributed by atoms with Crippen LogP contribution >= 0.6 is 11.6 Å². The maximum Gasteiger partial charge on any atom is 0.346 e. The molecule has 0 bridgehead atoms. The first-order chi connectivity index (χ1) is 4.57. The van der Waals surface area contributed by atoms with E-state index >= 15 is 0 Å². The van der Waals surface area contributed by atoms with E-state index in [1.807, 2.05) is 13.8 Å². The Bertz CT molecular complexity index is 152. The quantitative estimate of drug-likeness (QED) is 0.647. The van der Waals surface area contributed by atoms with Crippen LogP contribution in [0.5, 0.6) is 0 Å². The maximum atomic E-state index is 10.2. The van der Waals surface area contributed by atoms with Gasteiger partial charge in [-0.3, -0.25) is 0 Å². The third-order valence-electron chi connectivity index (χ3n) is 1.28. The minimum atomic E-state index is -1.05. The van der Waals surface area contributed by atoms with Crippen LogP contribution in [0.3, 0.4) is 0 Å². The summed E-state index contributed by atoms with van der Waals surface area (Å²) in [6.07, 6.45) is 2.45. The Morgan fingerprint density at radius 1 is 1.80 bits per heavy atom. The van der Waals surface area contributed by atoms with Gasteiger partial charge in [0, 0.05) is 0 Å². The van der Waals surface area contributed by atoms with Crippen molar-refractivity contribution >= 4 is 17.6 Å².